The number of hydrogen-bond donors (Lipinski definition) is 0. The number of rotatable bonds is 5. The fourth-order valence-electron chi connectivity index (χ4n) is 3.31. The Labute approximate surface area is 174 Å². The first-order valence-corrected chi connectivity index (χ1v) is 9.84. The second-order valence-electron chi connectivity index (χ2n) is 6.78. The molecule has 0 radical (unpaired) electrons. The minimum atomic E-state index is -0.0259. The quantitative estimate of drug-likeness (QED) is 0.644. The van der Waals surface area contributed by atoms with Gasteiger partial charge in [0.2, 0.25) is 0 Å². The molecule has 4 rings (SSSR count). The summed E-state index contributed by atoms with van der Waals surface area (Å²) in [6.45, 7) is 3.24. The molecule has 0 spiro atoms. The zero-order valence-electron chi connectivity index (χ0n) is 15.9. The molecule has 0 aliphatic carbocycles. The maximum absolute atomic E-state index is 12.5. The van der Waals surface area contributed by atoms with Crippen LogP contribution in [0.5, 0.6) is 5.75 Å². The number of piperazine rings is 1. The number of ether oxygens (including phenoxy) is 1. The maximum atomic E-state index is 12.5. The number of carbonyl (C=O) groups is 1. The van der Waals surface area contributed by atoms with Gasteiger partial charge >= 0.3 is 0 Å². The largest absolute Gasteiger partial charge is 0.489 e. The van der Waals surface area contributed by atoms with Gasteiger partial charge in [-0.15, -0.1) is 0 Å². The third-order valence-electron chi connectivity index (χ3n) is 4.91. The normalized spacial score (nSPS) is 14.0. The van der Waals surface area contributed by atoms with E-state index < -0.39 is 0 Å². The van der Waals surface area contributed by atoms with E-state index in [2.05, 4.69) is 20.9 Å². The molecular weight excluding hydrogens is 388 g/mol. The predicted octanol–water partition coefficient (Wildman–Crippen LogP) is 3.67. The molecule has 0 saturated carbocycles. The van der Waals surface area contributed by atoms with E-state index in [1.807, 2.05) is 47.4 Å². The van der Waals surface area contributed by atoms with Crippen LogP contribution in [0.15, 0.2) is 67.3 Å². The van der Waals surface area contributed by atoms with Gasteiger partial charge in [-0.3, -0.25) is 4.79 Å². The first kappa shape index (κ1) is 19.2. The number of amides is 1. The average molecular weight is 409 g/mol. The van der Waals surface area contributed by atoms with Gasteiger partial charge in [0, 0.05) is 60.9 Å². The summed E-state index contributed by atoms with van der Waals surface area (Å²) in [6, 6.07) is 15.7. The molecular formula is C22H21ClN4O2. The lowest BCUT2D eigenvalue weighted by Gasteiger charge is -2.36. The molecule has 0 N–H and O–H groups in total. The van der Waals surface area contributed by atoms with Gasteiger partial charge in [-0.25, -0.2) is 9.97 Å². The smallest absolute Gasteiger partial charge is 0.257 e. The number of aromatic nitrogens is 2. The van der Waals surface area contributed by atoms with Crippen LogP contribution in [0.2, 0.25) is 5.02 Å². The van der Waals surface area contributed by atoms with Gasteiger partial charge in [0.25, 0.3) is 5.91 Å². The zero-order chi connectivity index (χ0) is 20.1. The van der Waals surface area contributed by atoms with Gasteiger partial charge in [-0.2, -0.15) is 0 Å². The monoisotopic (exact) mass is 408 g/mol. The standard InChI is InChI=1S/C22H21ClN4O2/c23-21-7-2-1-4-17(21)15-29-20-6-3-5-19(12-20)26-8-10-27(11-9-26)22(28)18-13-24-16-25-14-18/h1-7,12-14,16H,8-11,15H2. The number of benzene rings is 2. The van der Waals surface area contributed by atoms with Crippen LogP contribution in [0.4, 0.5) is 5.69 Å². The van der Waals surface area contributed by atoms with E-state index in [4.69, 9.17) is 16.3 Å². The summed E-state index contributed by atoms with van der Waals surface area (Å²) in [5, 5.41) is 0.702. The highest BCUT2D eigenvalue weighted by Crippen LogP contribution is 2.24. The lowest BCUT2D eigenvalue weighted by atomic mass is 10.2. The highest BCUT2D eigenvalue weighted by atomic mass is 35.5. The van der Waals surface area contributed by atoms with E-state index in [1.54, 1.807) is 12.4 Å². The van der Waals surface area contributed by atoms with Crippen molar-refractivity contribution in [3.63, 3.8) is 0 Å². The van der Waals surface area contributed by atoms with E-state index in [0.717, 1.165) is 30.1 Å². The highest BCUT2D eigenvalue weighted by Gasteiger charge is 2.22. The van der Waals surface area contributed by atoms with E-state index in [9.17, 15) is 4.79 Å². The van der Waals surface area contributed by atoms with Gasteiger partial charge in [0.1, 0.15) is 18.7 Å². The lowest BCUT2D eigenvalue weighted by molar-refractivity contribution is 0.0746. The van der Waals surface area contributed by atoms with Crippen molar-refractivity contribution in [2.45, 2.75) is 6.61 Å². The van der Waals surface area contributed by atoms with Crippen molar-refractivity contribution in [2.24, 2.45) is 0 Å². The van der Waals surface area contributed by atoms with Crippen LogP contribution in [0, 0.1) is 0 Å². The highest BCUT2D eigenvalue weighted by molar-refractivity contribution is 6.31. The molecule has 7 heteroatoms. The fraction of sp³-hybridized carbons (Fsp3) is 0.227. The average Bonchev–Trinajstić information content (AvgIpc) is 2.79. The molecule has 1 amide bonds. The first-order chi connectivity index (χ1) is 14.2. The molecule has 29 heavy (non-hydrogen) atoms. The summed E-state index contributed by atoms with van der Waals surface area (Å²) in [5.41, 5.74) is 2.56. The van der Waals surface area contributed by atoms with Gasteiger partial charge in [-0.1, -0.05) is 35.9 Å². The summed E-state index contributed by atoms with van der Waals surface area (Å²) in [6.07, 6.45) is 4.54. The summed E-state index contributed by atoms with van der Waals surface area (Å²) >= 11 is 6.20. The molecule has 1 saturated heterocycles. The van der Waals surface area contributed by atoms with Crippen LogP contribution in [0.25, 0.3) is 0 Å². The molecule has 2 heterocycles. The van der Waals surface area contributed by atoms with Crippen LogP contribution in [0.3, 0.4) is 0 Å². The topological polar surface area (TPSA) is 58.6 Å². The Kier molecular flexibility index (Phi) is 5.91. The van der Waals surface area contributed by atoms with E-state index >= 15 is 0 Å². The molecule has 1 aromatic heterocycles. The molecule has 0 bridgehead atoms. The summed E-state index contributed by atoms with van der Waals surface area (Å²) in [4.78, 5) is 24.5. The van der Waals surface area contributed by atoms with E-state index in [0.29, 0.717) is 30.3 Å². The van der Waals surface area contributed by atoms with Crippen molar-refractivity contribution in [2.75, 3.05) is 31.1 Å². The maximum Gasteiger partial charge on any atom is 0.257 e. The van der Waals surface area contributed by atoms with Crippen LogP contribution in [-0.2, 0) is 6.61 Å². The Balaban J connectivity index is 1.36. The van der Waals surface area contributed by atoms with Crippen molar-refractivity contribution in [1.29, 1.82) is 0 Å². The molecule has 6 nitrogen and oxygen atoms in total. The Hall–Kier alpha value is -3.12. The van der Waals surface area contributed by atoms with Crippen molar-refractivity contribution >= 4 is 23.2 Å². The minimum absolute atomic E-state index is 0.0259. The Morgan fingerprint density at radius 3 is 2.52 bits per heavy atom. The van der Waals surface area contributed by atoms with E-state index in [1.165, 1.54) is 6.33 Å². The Morgan fingerprint density at radius 2 is 1.76 bits per heavy atom. The van der Waals surface area contributed by atoms with Gasteiger partial charge in [0.05, 0.1) is 5.56 Å². The molecule has 0 unspecified atom stereocenters. The SMILES string of the molecule is O=C(c1cncnc1)N1CCN(c2cccc(OCc3ccccc3Cl)c2)CC1. The second kappa shape index (κ2) is 8.92. The van der Waals surface area contributed by atoms with Crippen molar-refractivity contribution in [3.8, 4) is 5.75 Å². The van der Waals surface area contributed by atoms with Crippen LogP contribution in [-0.4, -0.2) is 47.0 Å². The molecule has 0 atom stereocenters. The number of hydrogen-bond acceptors (Lipinski definition) is 5. The fourth-order valence-corrected chi connectivity index (χ4v) is 3.50. The van der Waals surface area contributed by atoms with Crippen LogP contribution < -0.4 is 9.64 Å². The Morgan fingerprint density at radius 1 is 1.00 bits per heavy atom. The third-order valence-corrected chi connectivity index (χ3v) is 5.28. The van der Waals surface area contributed by atoms with Gasteiger partial charge in [0.15, 0.2) is 0 Å². The van der Waals surface area contributed by atoms with Crippen molar-refractivity contribution in [3.05, 3.63) is 83.4 Å². The predicted molar refractivity (Wildman–Crippen MR) is 112 cm³/mol. The number of nitrogens with zero attached hydrogens (tertiary/aromatic N) is 4. The van der Waals surface area contributed by atoms with Crippen LogP contribution >= 0.6 is 11.6 Å². The lowest BCUT2D eigenvalue weighted by Crippen LogP contribution is -2.48. The second-order valence-corrected chi connectivity index (χ2v) is 7.19. The zero-order valence-corrected chi connectivity index (χ0v) is 16.6. The number of anilines is 1. The third kappa shape index (κ3) is 4.66. The molecule has 1 fully saturated rings. The number of halogens is 1. The summed E-state index contributed by atoms with van der Waals surface area (Å²) < 4.78 is 5.93. The van der Waals surface area contributed by atoms with Gasteiger partial charge in [-0.05, 0) is 18.2 Å². The molecule has 1 aliphatic rings. The van der Waals surface area contributed by atoms with Gasteiger partial charge < -0.3 is 14.5 Å². The van der Waals surface area contributed by atoms with E-state index in [-0.39, 0.29) is 5.91 Å². The Bertz CT molecular complexity index is 975. The van der Waals surface area contributed by atoms with Crippen molar-refractivity contribution < 1.29 is 9.53 Å². The first-order valence-electron chi connectivity index (χ1n) is 9.46. The molecule has 148 valence electrons. The summed E-state index contributed by atoms with van der Waals surface area (Å²) in [5.74, 6) is 0.768. The van der Waals surface area contributed by atoms with Crippen LogP contribution in [0.1, 0.15) is 15.9 Å². The molecule has 3 aromatic rings. The molecule has 1 aliphatic heterocycles. The molecule has 2 aromatic carbocycles. The van der Waals surface area contributed by atoms with Crippen molar-refractivity contribution in [1.82, 2.24) is 14.9 Å². The minimum Gasteiger partial charge on any atom is -0.489 e. The summed E-state index contributed by atoms with van der Waals surface area (Å²) in [7, 11) is 0. The number of carbonyl (C=O) groups excluding carboxylic acids is 1.